The molecule has 0 aromatic heterocycles. The molecule has 1 aliphatic rings. The molecule has 1 saturated heterocycles. The molecule has 0 unspecified atom stereocenters. The van der Waals surface area contributed by atoms with Gasteiger partial charge in [-0.1, -0.05) is 13.0 Å². The van der Waals surface area contributed by atoms with Crippen molar-refractivity contribution in [2.45, 2.75) is 32.7 Å². The Morgan fingerprint density at radius 1 is 1.35 bits per heavy atom. The van der Waals surface area contributed by atoms with Crippen molar-refractivity contribution in [2.75, 3.05) is 26.2 Å². The summed E-state index contributed by atoms with van der Waals surface area (Å²) in [5.74, 6) is 1.76. The van der Waals surface area contributed by atoms with E-state index in [1.165, 1.54) is 31.5 Å². The van der Waals surface area contributed by atoms with Gasteiger partial charge in [-0.25, -0.2) is 0 Å². The molecule has 1 heterocycles. The Morgan fingerprint density at radius 2 is 2.15 bits per heavy atom. The van der Waals surface area contributed by atoms with Gasteiger partial charge in [0.05, 0.1) is 11.1 Å². The summed E-state index contributed by atoms with van der Waals surface area (Å²) in [6.07, 6.45) is 3.62. The van der Waals surface area contributed by atoms with E-state index in [1.807, 2.05) is 0 Å². The molecule has 4 heteroatoms. The highest BCUT2D eigenvalue weighted by molar-refractivity contribution is 9.10. The summed E-state index contributed by atoms with van der Waals surface area (Å²) in [5.41, 5.74) is 1.30. The van der Waals surface area contributed by atoms with Crippen LogP contribution in [0.25, 0.3) is 0 Å². The molecule has 3 nitrogen and oxygen atoms in total. The quantitative estimate of drug-likeness (QED) is 0.798. The van der Waals surface area contributed by atoms with E-state index in [9.17, 15) is 0 Å². The van der Waals surface area contributed by atoms with Gasteiger partial charge in [0.2, 0.25) is 0 Å². The maximum Gasteiger partial charge on any atom is 0.133 e. The van der Waals surface area contributed by atoms with Gasteiger partial charge in [-0.2, -0.15) is 0 Å². The van der Waals surface area contributed by atoms with Gasteiger partial charge >= 0.3 is 0 Å². The third kappa shape index (κ3) is 5.08. The minimum absolute atomic E-state index is 0.770. The van der Waals surface area contributed by atoms with E-state index in [1.54, 1.807) is 0 Å². The zero-order valence-corrected chi connectivity index (χ0v) is 13.8. The standard InChI is InChI=1S/C16H25BrN2O/c1-2-9-20-16-4-3-14(10-15(16)17)12-19-11-13-5-7-18-8-6-13/h3-4,10,13,18-19H,2,5-9,11-12H2,1H3. The molecule has 0 amide bonds. The van der Waals surface area contributed by atoms with Crippen LogP contribution in [0.1, 0.15) is 31.7 Å². The maximum absolute atomic E-state index is 5.67. The fourth-order valence-corrected chi connectivity index (χ4v) is 3.03. The van der Waals surface area contributed by atoms with E-state index in [2.05, 4.69) is 51.7 Å². The third-order valence-corrected chi connectivity index (χ3v) is 4.30. The predicted octanol–water partition coefficient (Wildman–Crippen LogP) is 3.33. The predicted molar refractivity (Wildman–Crippen MR) is 87.2 cm³/mol. The fraction of sp³-hybridized carbons (Fsp3) is 0.625. The van der Waals surface area contributed by atoms with Gasteiger partial charge in [0, 0.05) is 6.54 Å². The van der Waals surface area contributed by atoms with Crippen LogP contribution in [0.5, 0.6) is 5.75 Å². The molecule has 0 saturated carbocycles. The first-order valence-electron chi connectivity index (χ1n) is 7.62. The first-order valence-corrected chi connectivity index (χ1v) is 8.41. The van der Waals surface area contributed by atoms with Crippen molar-refractivity contribution in [3.63, 3.8) is 0 Å². The molecule has 1 aliphatic heterocycles. The second kappa shape index (κ2) is 8.65. The van der Waals surface area contributed by atoms with Crippen LogP contribution in [0.3, 0.4) is 0 Å². The monoisotopic (exact) mass is 340 g/mol. The molecule has 1 aromatic rings. The molecule has 2 rings (SSSR count). The first-order chi connectivity index (χ1) is 9.79. The summed E-state index contributed by atoms with van der Waals surface area (Å²) in [5, 5.41) is 6.98. The number of nitrogens with one attached hydrogen (secondary N) is 2. The van der Waals surface area contributed by atoms with Crippen LogP contribution in [-0.2, 0) is 6.54 Å². The summed E-state index contributed by atoms with van der Waals surface area (Å²) < 4.78 is 6.71. The number of piperidine rings is 1. The average molecular weight is 341 g/mol. The highest BCUT2D eigenvalue weighted by Crippen LogP contribution is 2.26. The smallest absolute Gasteiger partial charge is 0.133 e. The van der Waals surface area contributed by atoms with Gasteiger partial charge < -0.3 is 15.4 Å². The summed E-state index contributed by atoms with van der Waals surface area (Å²) in [4.78, 5) is 0. The summed E-state index contributed by atoms with van der Waals surface area (Å²) in [7, 11) is 0. The Labute approximate surface area is 130 Å². The second-order valence-corrected chi connectivity index (χ2v) is 6.29. The molecule has 0 aliphatic carbocycles. The molecule has 20 heavy (non-hydrogen) atoms. The maximum atomic E-state index is 5.67. The van der Waals surface area contributed by atoms with E-state index < -0.39 is 0 Å². The van der Waals surface area contributed by atoms with Crippen molar-refractivity contribution >= 4 is 15.9 Å². The Hall–Kier alpha value is -0.580. The fourth-order valence-electron chi connectivity index (χ4n) is 2.49. The van der Waals surface area contributed by atoms with Crippen molar-refractivity contribution in [3.8, 4) is 5.75 Å². The molecule has 0 radical (unpaired) electrons. The van der Waals surface area contributed by atoms with Crippen LogP contribution >= 0.6 is 15.9 Å². The number of rotatable bonds is 7. The van der Waals surface area contributed by atoms with Crippen LogP contribution in [0, 0.1) is 5.92 Å². The highest BCUT2D eigenvalue weighted by Gasteiger charge is 2.12. The van der Waals surface area contributed by atoms with Crippen molar-refractivity contribution < 1.29 is 4.74 Å². The molecular formula is C16H25BrN2O. The number of hydrogen-bond donors (Lipinski definition) is 2. The lowest BCUT2D eigenvalue weighted by Gasteiger charge is -2.22. The molecule has 0 spiro atoms. The first kappa shape index (κ1) is 15.8. The Bertz CT molecular complexity index is 405. The van der Waals surface area contributed by atoms with Crippen molar-refractivity contribution in [1.29, 1.82) is 0 Å². The van der Waals surface area contributed by atoms with E-state index in [4.69, 9.17) is 4.74 Å². The normalized spacial score (nSPS) is 16.3. The van der Waals surface area contributed by atoms with Crippen LogP contribution in [-0.4, -0.2) is 26.2 Å². The van der Waals surface area contributed by atoms with Gasteiger partial charge in [0.25, 0.3) is 0 Å². The second-order valence-electron chi connectivity index (χ2n) is 5.44. The van der Waals surface area contributed by atoms with Gasteiger partial charge in [-0.15, -0.1) is 0 Å². The lowest BCUT2D eigenvalue weighted by molar-refractivity contribution is 0.315. The summed E-state index contributed by atoms with van der Waals surface area (Å²) in [6.45, 7) is 7.27. The van der Waals surface area contributed by atoms with Crippen molar-refractivity contribution in [2.24, 2.45) is 5.92 Å². The van der Waals surface area contributed by atoms with Gasteiger partial charge in [-0.05, 0) is 78.4 Å². The summed E-state index contributed by atoms with van der Waals surface area (Å²) in [6, 6.07) is 6.35. The van der Waals surface area contributed by atoms with Gasteiger partial charge in [-0.3, -0.25) is 0 Å². The number of hydrogen-bond acceptors (Lipinski definition) is 3. The number of halogens is 1. The van der Waals surface area contributed by atoms with E-state index >= 15 is 0 Å². The average Bonchev–Trinajstić information content (AvgIpc) is 2.47. The molecular weight excluding hydrogens is 316 g/mol. The van der Waals surface area contributed by atoms with Crippen molar-refractivity contribution in [3.05, 3.63) is 28.2 Å². The number of benzene rings is 1. The molecule has 0 atom stereocenters. The SMILES string of the molecule is CCCOc1ccc(CNCC2CCNCC2)cc1Br. The number of ether oxygens (including phenoxy) is 1. The third-order valence-electron chi connectivity index (χ3n) is 3.68. The van der Waals surface area contributed by atoms with E-state index in [0.29, 0.717) is 0 Å². The highest BCUT2D eigenvalue weighted by atomic mass is 79.9. The minimum Gasteiger partial charge on any atom is -0.492 e. The van der Waals surface area contributed by atoms with E-state index in [-0.39, 0.29) is 0 Å². The largest absolute Gasteiger partial charge is 0.492 e. The zero-order valence-electron chi connectivity index (χ0n) is 12.3. The molecule has 1 aromatic carbocycles. The lowest BCUT2D eigenvalue weighted by Crippen LogP contribution is -2.33. The van der Waals surface area contributed by atoms with Crippen LogP contribution < -0.4 is 15.4 Å². The topological polar surface area (TPSA) is 33.3 Å². The Balaban J connectivity index is 1.76. The van der Waals surface area contributed by atoms with Crippen LogP contribution in [0.4, 0.5) is 0 Å². The Morgan fingerprint density at radius 3 is 2.85 bits per heavy atom. The van der Waals surface area contributed by atoms with E-state index in [0.717, 1.165) is 42.3 Å². The van der Waals surface area contributed by atoms with Crippen molar-refractivity contribution in [1.82, 2.24) is 10.6 Å². The molecule has 2 N–H and O–H groups in total. The Kier molecular flexibility index (Phi) is 6.83. The van der Waals surface area contributed by atoms with Gasteiger partial charge in [0.1, 0.15) is 5.75 Å². The van der Waals surface area contributed by atoms with Gasteiger partial charge in [0.15, 0.2) is 0 Å². The van der Waals surface area contributed by atoms with Crippen LogP contribution in [0.15, 0.2) is 22.7 Å². The zero-order chi connectivity index (χ0) is 14.2. The summed E-state index contributed by atoms with van der Waals surface area (Å²) >= 11 is 3.58. The lowest BCUT2D eigenvalue weighted by atomic mass is 9.98. The molecule has 1 fully saturated rings. The molecule has 112 valence electrons. The minimum atomic E-state index is 0.770. The van der Waals surface area contributed by atoms with Crippen LogP contribution in [0.2, 0.25) is 0 Å². The molecule has 0 bridgehead atoms.